The van der Waals surface area contributed by atoms with Gasteiger partial charge in [0.15, 0.2) is 31.2 Å². The molecule has 0 N–H and O–H groups in total. The number of fused-ring (bicyclic) bond motifs is 5. The first-order chi connectivity index (χ1) is 30.7. The Morgan fingerprint density at radius 3 is 1.47 bits per heavy atom. The number of halogens is 6. The lowest BCUT2D eigenvalue weighted by molar-refractivity contribution is -0.152. The Hall–Kier alpha value is -5.20. The van der Waals surface area contributed by atoms with Crippen LogP contribution in [0.25, 0.3) is 52.3 Å². The highest BCUT2D eigenvalue weighted by Gasteiger charge is 2.35. The van der Waals surface area contributed by atoms with E-state index in [1.807, 2.05) is 92.8 Å². The molecule has 10 rings (SSSR count). The van der Waals surface area contributed by atoms with Gasteiger partial charge in [0.2, 0.25) is 21.4 Å². The predicted molar refractivity (Wildman–Crippen MR) is 249 cm³/mol. The van der Waals surface area contributed by atoms with Gasteiger partial charge < -0.3 is 26.5 Å². The molecule has 0 aromatic carbocycles. The molecule has 0 bridgehead atoms. The minimum atomic E-state index is -4.38. The van der Waals surface area contributed by atoms with Gasteiger partial charge in [0.1, 0.15) is 6.07 Å². The number of aryl methyl sites for hydroxylation is 1. The van der Waals surface area contributed by atoms with Gasteiger partial charge in [-0.05, 0) is 70.9 Å². The summed E-state index contributed by atoms with van der Waals surface area (Å²) >= 11 is 5.02. The normalized spacial score (nSPS) is 10.1. The lowest BCUT2D eigenvalue weighted by Crippen LogP contribution is -2.01. The molecule has 9 nitrogen and oxygen atoms in total. The molecule has 0 fully saturated rings. The van der Waals surface area contributed by atoms with Crippen LogP contribution in [0.4, 0.5) is 26.3 Å². The van der Waals surface area contributed by atoms with Crippen LogP contribution in [0.2, 0.25) is 0 Å². The van der Waals surface area contributed by atoms with Gasteiger partial charge >= 0.3 is 6.18 Å². The van der Waals surface area contributed by atoms with Crippen molar-refractivity contribution >= 4 is 107 Å². The van der Waals surface area contributed by atoms with E-state index in [0.717, 1.165) is 34.4 Å². The molecule has 0 unspecified atom stereocenters. The van der Waals surface area contributed by atoms with Crippen molar-refractivity contribution in [3.63, 3.8) is 0 Å². The first-order valence-electron chi connectivity index (χ1n) is 19.6. The Bertz CT molecular complexity index is 2880. The lowest BCUT2D eigenvalue weighted by Gasteiger charge is -1.98. The van der Waals surface area contributed by atoms with Gasteiger partial charge in [-0.25, -0.2) is 17.2 Å². The summed E-state index contributed by atoms with van der Waals surface area (Å²) in [5.41, 5.74) is 0.608. The molecule has 0 aliphatic heterocycles. The maximum Gasteiger partial charge on any atom is 0.449 e. The maximum atomic E-state index is 13.3. The third-order valence-electron chi connectivity index (χ3n) is 6.95. The van der Waals surface area contributed by atoms with Gasteiger partial charge in [-0.3, -0.25) is 0 Å². The molecule has 0 aliphatic carbocycles. The monoisotopic (exact) mass is 993 g/mol. The van der Waals surface area contributed by atoms with Crippen molar-refractivity contribution in [3.05, 3.63) is 111 Å². The summed E-state index contributed by atoms with van der Waals surface area (Å²) in [5, 5.41) is 17.8. The zero-order valence-corrected chi connectivity index (χ0v) is 41.1. The second-order valence-corrected chi connectivity index (χ2v) is 16.0. The smallest absolute Gasteiger partial charge is 0.441 e. The van der Waals surface area contributed by atoms with Gasteiger partial charge in [0.05, 0.1) is 28.7 Å². The second kappa shape index (κ2) is 27.9. The average Bonchev–Trinajstić information content (AvgIpc) is 4.12. The minimum Gasteiger partial charge on any atom is -0.441 e. The number of alkyl halides is 3. The van der Waals surface area contributed by atoms with E-state index in [1.165, 1.54) is 40.1 Å². The fourth-order valence-electron chi connectivity index (χ4n) is 4.40. The van der Waals surface area contributed by atoms with E-state index < -0.39 is 44.5 Å². The SMILES string of the molecule is CC.CC.CC.CC.CC.CS(=O)(=O)c1oc2sccc2c1F.Cc1c(F)oc2sccc12.FC(F)(F)c1cc2ccsc2o1.N#Cc1oc2sccc2c1F.c1cc2ccoc2o1. The van der Waals surface area contributed by atoms with Crippen LogP contribution in [0.5, 0.6) is 0 Å². The van der Waals surface area contributed by atoms with Gasteiger partial charge in [-0.2, -0.15) is 22.8 Å². The van der Waals surface area contributed by atoms with E-state index in [-0.39, 0.29) is 11.1 Å². The number of rotatable bonds is 1. The standard InChI is InChI=1S/C7H3F3OS.C7H2FNOS.C7H5FO3S2.C7H5FOS.C6H4O2.5C2H6/c8-7(9,10)5-3-4-1-2-12-6(4)11-5;8-6-4-1-2-11-7(4)10-5(6)3-9;1-13(9,10)7-5(8)4-2-3-12-6(4)11-7;1-4-5-2-3-10-7(5)9-6(4)8;1-3-7-6-5(1)2-4-8-6;5*1-2/h1-3H;1-2H;2-3H,1H3;2-3H,1H3;1-4H;5*1-2H3. The van der Waals surface area contributed by atoms with Gasteiger partial charge in [0, 0.05) is 22.6 Å². The lowest BCUT2D eigenvalue weighted by atomic mass is 10.3. The quantitative estimate of drug-likeness (QED) is 0.147. The van der Waals surface area contributed by atoms with Crippen LogP contribution in [0.1, 0.15) is 86.3 Å². The summed E-state index contributed by atoms with van der Waals surface area (Å²) in [5.74, 6) is -1.90. The Balaban J connectivity index is 0.000000383. The van der Waals surface area contributed by atoms with E-state index >= 15 is 0 Å². The van der Waals surface area contributed by atoms with Gasteiger partial charge in [0.25, 0.3) is 16.9 Å². The Labute approximate surface area is 383 Å². The fraction of sp³-hybridized carbons (Fsp3) is 0.295. The molecule has 0 atom stereocenters. The van der Waals surface area contributed by atoms with E-state index in [9.17, 15) is 34.8 Å². The molecule has 20 heteroatoms. The zero-order chi connectivity index (χ0) is 48.8. The van der Waals surface area contributed by atoms with Crippen molar-refractivity contribution in [2.24, 2.45) is 0 Å². The molecule has 0 saturated carbocycles. The number of sulfone groups is 1. The molecular weight excluding hydrogens is 945 g/mol. The molecule has 10 aromatic rings. The summed E-state index contributed by atoms with van der Waals surface area (Å²) in [6.45, 7) is 21.7. The number of nitrogens with zero attached hydrogens (tertiary/aromatic N) is 1. The van der Waals surface area contributed by atoms with Crippen molar-refractivity contribution in [1.29, 1.82) is 5.26 Å². The predicted octanol–water partition coefficient (Wildman–Crippen LogP) is 18.2. The number of hydrogen-bond acceptors (Lipinski definition) is 13. The Morgan fingerprint density at radius 2 is 1.05 bits per heavy atom. The third kappa shape index (κ3) is 14.9. The van der Waals surface area contributed by atoms with Gasteiger partial charge in [-0.15, -0.1) is 45.3 Å². The van der Waals surface area contributed by atoms with Crippen LogP contribution in [0.3, 0.4) is 0 Å². The van der Waals surface area contributed by atoms with Crippen molar-refractivity contribution in [2.75, 3.05) is 6.26 Å². The molecule has 0 radical (unpaired) electrons. The van der Waals surface area contributed by atoms with E-state index in [4.69, 9.17) is 27.3 Å². The van der Waals surface area contributed by atoms with Crippen LogP contribution >= 0.6 is 45.3 Å². The topological polar surface area (TPSA) is 137 Å². The highest BCUT2D eigenvalue weighted by molar-refractivity contribution is 7.90. The minimum absolute atomic E-state index is 0.227. The molecule has 0 saturated heterocycles. The van der Waals surface area contributed by atoms with Crippen LogP contribution in [0, 0.1) is 35.9 Å². The van der Waals surface area contributed by atoms with Crippen molar-refractivity contribution in [2.45, 2.75) is 87.4 Å². The van der Waals surface area contributed by atoms with Crippen LogP contribution in [-0.2, 0) is 16.0 Å². The highest BCUT2D eigenvalue weighted by atomic mass is 32.2. The molecule has 0 amide bonds. The highest BCUT2D eigenvalue weighted by Crippen LogP contribution is 2.36. The molecule has 350 valence electrons. The Morgan fingerprint density at radius 1 is 0.594 bits per heavy atom. The molecule has 10 aromatic heterocycles. The number of hydrogen-bond donors (Lipinski definition) is 0. The first-order valence-corrected chi connectivity index (χ1v) is 25.0. The fourth-order valence-corrected chi connectivity index (χ4v) is 8.15. The second-order valence-electron chi connectivity index (χ2n) is 10.6. The average molecular weight is 994 g/mol. The third-order valence-corrected chi connectivity index (χ3v) is 11.1. The van der Waals surface area contributed by atoms with Crippen LogP contribution < -0.4 is 0 Å². The Kier molecular flexibility index (Phi) is 24.7. The largest absolute Gasteiger partial charge is 0.449 e. The van der Waals surface area contributed by atoms with E-state index in [1.54, 1.807) is 53.8 Å². The first kappa shape index (κ1) is 56.8. The van der Waals surface area contributed by atoms with Crippen molar-refractivity contribution < 1.29 is 61.3 Å². The van der Waals surface area contributed by atoms with Crippen LogP contribution in [0.15, 0.2) is 108 Å². The van der Waals surface area contributed by atoms with E-state index in [0.29, 0.717) is 41.7 Å². The van der Waals surface area contributed by atoms with Crippen molar-refractivity contribution in [1.82, 2.24) is 0 Å². The maximum absolute atomic E-state index is 13.3. The molecule has 0 spiro atoms. The van der Waals surface area contributed by atoms with Crippen molar-refractivity contribution in [3.8, 4) is 6.07 Å². The molecule has 10 heterocycles. The number of nitriles is 1. The summed E-state index contributed by atoms with van der Waals surface area (Å²) in [4.78, 5) is 1.77. The summed E-state index contributed by atoms with van der Waals surface area (Å²) in [6, 6.07) is 12.5. The molecular formula is C44H49F6NO8S5. The number of thiophene rings is 4. The number of furan rings is 6. The summed E-state index contributed by atoms with van der Waals surface area (Å²) < 4.78 is 126. The summed E-state index contributed by atoms with van der Waals surface area (Å²) in [6.07, 6.45) is -0.250. The molecule has 0 aliphatic rings. The van der Waals surface area contributed by atoms with Gasteiger partial charge in [-0.1, -0.05) is 69.2 Å². The zero-order valence-electron chi connectivity index (χ0n) is 37.0. The van der Waals surface area contributed by atoms with Crippen LogP contribution in [-0.4, -0.2) is 14.7 Å². The van der Waals surface area contributed by atoms with E-state index in [2.05, 4.69) is 4.42 Å². The molecule has 64 heavy (non-hydrogen) atoms. The summed E-state index contributed by atoms with van der Waals surface area (Å²) in [7, 11) is -3.60.